The van der Waals surface area contributed by atoms with Crippen LogP contribution in [0.3, 0.4) is 0 Å². The van der Waals surface area contributed by atoms with Crippen LogP contribution < -0.4 is 15.4 Å². The van der Waals surface area contributed by atoms with Crippen LogP contribution in [0.2, 0.25) is 0 Å². The molecule has 2 saturated carbocycles. The zero-order valence-corrected chi connectivity index (χ0v) is 15.7. The summed E-state index contributed by atoms with van der Waals surface area (Å²) in [5.74, 6) is 1.27. The van der Waals surface area contributed by atoms with Crippen molar-refractivity contribution in [3.8, 4) is 5.75 Å². The molecular weight excluding hydrogens is 333 g/mol. The predicted octanol–water partition coefficient (Wildman–Crippen LogP) is 3.02. The highest BCUT2D eigenvalue weighted by Crippen LogP contribution is 2.62. The van der Waals surface area contributed by atoms with Crippen LogP contribution in [0.5, 0.6) is 5.75 Å². The van der Waals surface area contributed by atoms with Crippen LogP contribution in [0.15, 0.2) is 23.2 Å². The van der Waals surface area contributed by atoms with Gasteiger partial charge in [0.15, 0.2) is 17.5 Å². The van der Waals surface area contributed by atoms with Crippen LogP contribution in [0.4, 0.5) is 4.39 Å². The number of rotatable bonds is 4. The van der Waals surface area contributed by atoms with E-state index in [0.29, 0.717) is 23.5 Å². The van der Waals surface area contributed by atoms with Gasteiger partial charge in [-0.2, -0.15) is 0 Å². The predicted molar refractivity (Wildman–Crippen MR) is 98.9 cm³/mol. The van der Waals surface area contributed by atoms with Crippen LogP contribution in [0.1, 0.15) is 44.2 Å². The molecule has 5 nitrogen and oxygen atoms in total. The number of methoxy groups -OCH3 is 1. The maximum atomic E-state index is 14.0. The van der Waals surface area contributed by atoms with E-state index in [1.54, 1.807) is 13.1 Å². The monoisotopic (exact) mass is 361 g/mol. The van der Waals surface area contributed by atoms with Crippen LogP contribution >= 0.6 is 0 Å². The van der Waals surface area contributed by atoms with Gasteiger partial charge in [0.1, 0.15) is 0 Å². The van der Waals surface area contributed by atoms with Crippen molar-refractivity contribution in [3.63, 3.8) is 0 Å². The summed E-state index contributed by atoms with van der Waals surface area (Å²) >= 11 is 0. The number of ether oxygens (including phenoxy) is 2. The van der Waals surface area contributed by atoms with Gasteiger partial charge in [-0.05, 0) is 43.9 Å². The molecule has 0 radical (unpaired) electrons. The fourth-order valence-corrected chi connectivity index (χ4v) is 5.01. The smallest absolute Gasteiger partial charge is 0.191 e. The molecule has 1 spiro atoms. The largest absolute Gasteiger partial charge is 0.494 e. The maximum Gasteiger partial charge on any atom is 0.191 e. The van der Waals surface area contributed by atoms with Crippen molar-refractivity contribution >= 4 is 5.96 Å². The van der Waals surface area contributed by atoms with E-state index in [0.717, 1.165) is 24.6 Å². The number of hydrogen-bond acceptors (Lipinski definition) is 3. The lowest BCUT2D eigenvalue weighted by Gasteiger charge is -2.63. The highest BCUT2D eigenvalue weighted by atomic mass is 19.1. The summed E-state index contributed by atoms with van der Waals surface area (Å²) in [4.78, 5) is 4.40. The number of fused-ring (bicyclic) bond motifs is 2. The first kappa shape index (κ1) is 17.6. The Morgan fingerprint density at radius 2 is 2.23 bits per heavy atom. The van der Waals surface area contributed by atoms with Crippen molar-refractivity contribution in [1.29, 1.82) is 0 Å². The van der Waals surface area contributed by atoms with Crippen LogP contribution in [0, 0.1) is 17.2 Å². The van der Waals surface area contributed by atoms with Crippen molar-refractivity contribution in [2.24, 2.45) is 16.3 Å². The minimum absolute atomic E-state index is 0.0605. The maximum absolute atomic E-state index is 14.0. The number of guanidine groups is 1. The molecule has 6 heteroatoms. The lowest BCUT2D eigenvalue weighted by Crippen LogP contribution is -2.72. The van der Waals surface area contributed by atoms with Crippen LogP contribution in [-0.2, 0) is 4.74 Å². The lowest BCUT2D eigenvalue weighted by molar-refractivity contribution is -0.171. The highest BCUT2D eigenvalue weighted by molar-refractivity contribution is 5.80. The second-order valence-corrected chi connectivity index (χ2v) is 7.78. The Labute approximate surface area is 154 Å². The highest BCUT2D eigenvalue weighted by Gasteiger charge is 2.66. The van der Waals surface area contributed by atoms with E-state index in [-0.39, 0.29) is 17.6 Å². The molecular formula is C20H28FN3O2. The second kappa shape index (κ2) is 6.72. The summed E-state index contributed by atoms with van der Waals surface area (Å²) in [6.45, 7) is 2.89. The molecule has 1 saturated heterocycles. The van der Waals surface area contributed by atoms with Crippen molar-refractivity contribution in [2.75, 3.05) is 20.8 Å². The molecule has 0 bridgehead atoms. The first-order valence-corrected chi connectivity index (χ1v) is 9.54. The third-order valence-corrected chi connectivity index (χ3v) is 6.58. The average Bonchev–Trinajstić information content (AvgIpc) is 3.01. The zero-order valence-electron chi connectivity index (χ0n) is 15.7. The Morgan fingerprint density at radius 3 is 2.85 bits per heavy atom. The van der Waals surface area contributed by atoms with Crippen LogP contribution in [0.25, 0.3) is 0 Å². The van der Waals surface area contributed by atoms with E-state index in [4.69, 9.17) is 9.47 Å². The van der Waals surface area contributed by atoms with Crippen molar-refractivity contribution < 1.29 is 13.9 Å². The fourth-order valence-electron chi connectivity index (χ4n) is 5.01. The van der Waals surface area contributed by atoms with E-state index in [9.17, 15) is 4.39 Å². The van der Waals surface area contributed by atoms with E-state index in [1.807, 2.05) is 13.0 Å². The number of halogens is 1. The van der Waals surface area contributed by atoms with Gasteiger partial charge in [-0.15, -0.1) is 0 Å². The Balaban J connectivity index is 1.43. The molecule has 0 aromatic heterocycles. The Kier molecular flexibility index (Phi) is 4.55. The molecule has 2 aliphatic carbocycles. The van der Waals surface area contributed by atoms with E-state index < -0.39 is 0 Å². The third kappa shape index (κ3) is 2.66. The van der Waals surface area contributed by atoms with Gasteiger partial charge >= 0.3 is 0 Å². The molecule has 1 aromatic carbocycles. The molecule has 3 fully saturated rings. The van der Waals surface area contributed by atoms with Crippen molar-refractivity contribution in [3.05, 3.63) is 29.6 Å². The molecule has 4 unspecified atom stereocenters. The molecule has 3 aliphatic rings. The summed E-state index contributed by atoms with van der Waals surface area (Å²) in [5.41, 5.74) is 1.16. The second-order valence-electron chi connectivity index (χ2n) is 7.78. The number of hydrogen-bond donors (Lipinski definition) is 2. The SMILES string of the molecule is CN=C(NC(C)c1ccc(OC)c(F)c1)NC1C2CCOC2C12CCC2. The van der Waals surface area contributed by atoms with Gasteiger partial charge in [0.05, 0.1) is 19.3 Å². The molecule has 4 rings (SSSR count). The number of benzene rings is 1. The van der Waals surface area contributed by atoms with Gasteiger partial charge in [0, 0.05) is 31.0 Å². The molecule has 1 aliphatic heterocycles. The summed E-state index contributed by atoms with van der Waals surface area (Å²) in [6.07, 6.45) is 5.32. The van der Waals surface area contributed by atoms with Gasteiger partial charge in [-0.1, -0.05) is 12.5 Å². The molecule has 1 aromatic rings. The van der Waals surface area contributed by atoms with Crippen LogP contribution in [-0.4, -0.2) is 38.9 Å². The summed E-state index contributed by atoms with van der Waals surface area (Å²) in [7, 11) is 3.26. The van der Waals surface area contributed by atoms with Gasteiger partial charge < -0.3 is 20.1 Å². The molecule has 2 N–H and O–H groups in total. The van der Waals surface area contributed by atoms with Gasteiger partial charge in [0.2, 0.25) is 0 Å². The quantitative estimate of drug-likeness (QED) is 0.639. The number of nitrogens with zero attached hydrogens (tertiary/aromatic N) is 1. The van der Waals surface area contributed by atoms with Crippen molar-refractivity contribution in [2.45, 2.75) is 50.8 Å². The summed E-state index contributed by atoms with van der Waals surface area (Å²) in [5, 5.41) is 7.05. The molecule has 142 valence electrons. The first-order chi connectivity index (χ1) is 12.6. The minimum Gasteiger partial charge on any atom is -0.494 e. The van der Waals surface area contributed by atoms with Crippen molar-refractivity contribution in [1.82, 2.24) is 10.6 Å². The average molecular weight is 361 g/mol. The molecule has 26 heavy (non-hydrogen) atoms. The van der Waals surface area contributed by atoms with E-state index in [1.165, 1.54) is 32.4 Å². The zero-order chi connectivity index (χ0) is 18.3. The Bertz CT molecular complexity index is 704. The third-order valence-electron chi connectivity index (χ3n) is 6.58. The molecule has 4 atom stereocenters. The Morgan fingerprint density at radius 1 is 1.42 bits per heavy atom. The lowest BCUT2D eigenvalue weighted by atomic mass is 9.46. The standard InChI is InChI=1S/C20H28FN3O2/c1-12(13-5-6-16(25-3)15(21)11-13)23-19(22-2)24-17-14-7-10-26-18(14)20(17)8-4-9-20/h5-6,11-12,14,17-18H,4,7-10H2,1-3H3,(H2,22,23,24). The topological polar surface area (TPSA) is 54.9 Å². The molecule has 1 heterocycles. The van der Waals surface area contributed by atoms with E-state index in [2.05, 4.69) is 15.6 Å². The van der Waals surface area contributed by atoms with Gasteiger partial charge in [-0.3, -0.25) is 4.99 Å². The number of nitrogens with one attached hydrogen (secondary N) is 2. The normalized spacial score (nSPS) is 30.2. The van der Waals surface area contributed by atoms with Gasteiger partial charge in [-0.25, -0.2) is 4.39 Å². The summed E-state index contributed by atoms with van der Waals surface area (Å²) in [6, 6.07) is 5.42. The number of aliphatic imine (C=N–C) groups is 1. The van der Waals surface area contributed by atoms with E-state index >= 15 is 0 Å². The fraction of sp³-hybridized carbons (Fsp3) is 0.650. The summed E-state index contributed by atoms with van der Waals surface area (Å²) < 4.78 is 25.0. The van der Waals surface area contributed by atoms with Gasteiger partial charge in [0.25, 0.3) is 0 Å². The minimum atomic E-state index is -0.347. The Hall–Kier alpha value is -1.82. The molecule has 0 amide bonds. The first-order valence-electron chi connectivity index (χ1n) is 9.54.